The van der Waals surface area contributed by atoms with Crippen LogP contribution in [-0.4, -0.2) is 65.5 Å². The fourth-order valence-electron chi connectivity index (χ4n) is 4.49. The van der Waals surface area contributed by atoms with Crippen molar-refractivity contribution in [3.63, 3.8) is 0 Å². The first-order valence-electron chi connectivity index (χ1n) is 11.4. The molecular formula is C26H33N3O3. The number of nitrogens with zero attached hydrogens (tertiary/aromatic N) is 2. The van der Waals surface area contributed by atoms with Gasteiger partial charge in [-0.05, 0) is 67.7 Å². The lowest BCUT2D eigenvalue weighted by Crippen LogP contribution is -2.45. The Hall–Kier alpha value is -2.51. The van der Waals surface area contributed by atoms with Crippen molar-refractivity contribution in [2.45, 2.75) is 37.5 Å². The lowest BCUT2D eigenvalue weighted by Gasteiger charge is -2.34. The molecule has 0 bridgehead atoms. The summed E-state index contributed by atoms with van der Waals surface area (Å²) in [6, 6.07) is 18.2. The zero-order valence-corrected chi connectivity index (χ0v) is 18.7. The number of pyridine rings is 1. The Labute approximate surface area is 189 Å². The molecule has 0 saturated carbocycles. The molecule has 6 nitrogen and oxygen atoms in total. The molecule has 1 saturated heterocycles. The Morgan fingerprint density at radius 3 is 2.62 bits per heavy atom. The molecule has 1 aliphatic rings. The topological polar surface area (TPSA) is 77.9 Å². The van der Waals surface area contributed by atoms with Crippen LogP contribution in [0.5, 0.6) is 5.75 Å². The van der Waals surface area contributed by atoms with Crippen molar-refractivity contribution in [3.05, 3.63) is 71.9 Å². The molecule has 1 unspecified atom stereocenters. The number of hydrogen-bond acceptors (Lipinski definition) is 6. The van der Waals surface area contributed by atoms with Crippen LogP contribution in [0.1, 0.15) is 30.1 Å². The van der Waals surface area contributed by atoms with Crippen molar-refractivity contribution >= 4 is 10.9 Å². The predicted molar refractivity (Wildman–Crippen MR) is 127 cm³/mol. The summed E-state index contributed by atoms with van der Waals surface area (Å²) in [6.45, 7) is 3.05. The van der Waals surface area contributed by atoms with Gasteiger partial charge in [0.15, 0.2) is 0 Å². The van der Waals surface area contributed by atoms with Gasteiger partial charge in [0, 0.05) is 30.7 Å². The number of piperidine rings is 1. The van der Waals surface area contributed by atoms with E-state index in [1.54, 1.807) is 13.3 Å². The van der Waals surface area contributed by atoms with Gasteiger partial charge in [-0.3, -0.25) is 4.98 Å². The maximum Gasteiger partial charge on any atom is 0.119 e. The van der Waals surface area contributed by atoms with Gasteiger partial charge in [-0.2, -0.15) is 0 Å². The molecule has 2 heterocycles. The molecule has 6 heteroatoms. The summed E-state index contributed by atoms with van der Waals surface area (Å²) in [4.78, 5) is 6.72. The number of fused-ring (bicyclic) bond motifs is 1. The van der Waals surface area contributed by atoms with E-state index in [1.165, 1.54) is 0 Å². The number of methoxy groups -OCH3 is 1. The van der Waals surface area contributed by atoms with Gasteiger partial charge in [0.1, 0.15) is 5.75 Å². The van der Waals surface area contributed by atoms with Crippen molar-refractivity contribution in [3.8, 4) is 5.75 Å². The van der Waals surface area contributed by atoms with E-state index >= 15 is 0 Å². The van der Waals surface area contributed by atoms with E-state index < -0.39 is 6.10 Å². The highest BCUT2D eigenvalue weighted by atomic mass is 16.5. The summed E-state index contributed by atoms with van der Waals surface area (Å²) in [6.07, 6.45) is 3.48. The van der Waals surface area contributed by atoms with E-state index in [1.807, 2.05) is 42.5 Å². The van der Waals surface area contributed by atoms with Crippen LogP contribution in [0.2, 0.25) is 0 Å². The minimum atomic E-state index is -0.579. The highest BCUT2D eigenvalue weighted by Crippen LogP contribution is 2.27. The van der Waals surface area contributed by atoms with Crippen molar-refractivity contribution in [1.82, 2.24) is 15.2 Å². The standard InChI is InChI=1S/C26H33N3O3/c1-32-22-7-8-25-24(16-22)23(9-12-27-25)26(31)18-29-13-10-20(11-14-29)28-17-21(30)15-19-5-3-2-4-6-19/h2-9,12,16,20-21,26,28,30-31H,10-11,13-15,17-18H2,1H3/t21?,26-/m0/s1. The zero-order chi connectivity index (χ0) is 22.3. The summed E-state index contributed by atoms with van der Waals surface area (Å²) < 4.78 is 5.35. The van der Waals surface area contributed by atoms with Crippen LogP contribution in [0, 0.1) is 0 Å². The number of β-amino-alcohol motifs (C(OH)–C–C–N with tert-alkyl or cyclic N) is 1. The molecule has 0 amide bonds. The number of aromatic nitrogens is 1. The highest BCUT2D eigenvalue weighted by molar-refractivity contribution is 5.83. The van der Waals surface area contributed by atoms with Crippen LogP contribution in [0.25, 0.3) is 10.9 Å². The lowest BCUT2D eigenvalue weighted by molar-refractivity contribution is 0.0919. The van der Waals surface area contributed by atoms with Gasteiger partial charge in [-0.1, -0.05) is 30.3 Å². The largest absolute Gasteiger partial charge is 0.497 e. The number of benzene rings is 2. The van der Waals surface area contributed by atoms with Crippen molar-refractivity contribution in [1.29, 1.82) is 0 Å². The molecule has 4 rings (SSSR count). The Morgan fingerprint density at radius 2 is 1.88 bits per heavy atom. The molecule has 3 aromatic rings. The third-order valence-electron chi connectivity index (χ3n) is 6.32. The fraction of sp³-hybridized carbons (Fsp3) is 0.423. The van der Waals surface area contributed by atoms with Crippen LogP contribution in [0.3, 0.4) is 0 Å². The first kappa shape index (κ1) is 22.7. The second-order valence-electron chi connectivity index (χ2n) is 8.63. The molecule has 32 heavy (non-hydrogen) atoms. The van der Waals surface area contributed by atoms with Crippen LogP contribution >= 0.6 is 0 Å². The number of aliphatic hydroxyl groups is 2. The van der Waals surface area contributed by atoms with Gasteiger partial charge >= 0.3 is 0 Å². The lowest BCUT2D eigenvalue weighted by atomic mass is 10.0. The minimum Gasteiger partial charge on any atom is -0.497 e. The number of aliphatic hydroxyl groups excluding tert-OH is 2. The number of rotatable bonds is 9. The normalized spacial score (nSPS) is 17.3. The Kier molecular flexibility index (Phi) is 7.71. The Morgan fingerprint density at radius 1 is 1.09 bits per heavy atom. The van der Waals surface area contributed by atoms with E-state index in [9.17, 15) is 10.2 Å². The van der Waals surface area contributed by atoms with E-state index in [0.29, 0.717) is 25.6 Å². The quantitative estimate of drug-likeness (QED) is 0.480. The molecule has 1 aliphatic heterocycles. The minimum absolute atomic E-state index is 0.380. The Balaban J connectivity index is 1.26. The van der Waals surface area contributed by atoms with Crippen LogP contribution in [-0.2, 0) is 6.42 Å². The van der Waals surface area contributed by atoms with E-state index in [2.05, 4.69) is 27.3 Å². The summed E-state index contributed by atoms with van der Waals surface area (Å²) in [5.74, 6) is 0.764. The maximum atomic E-state index is 11.0. The van der Waals surface area contributed by atoms with Crippen molar-refractivity contribution in [2.75, 3.05) is 33.3 Å². The second kappa shape index (κ2) is 10.9. The van der Waals surface area contributed by atoms with Gasteiger partial charge in [0.25, 0.3) is 0 Å². The molecule has 1 aromatic heterocycles. The molecule has 1 fully saturated rings. The van der Waals surface area contributed by atoms with Gasteiger partial charge in [0.2, 0.25) is 0 Å². The summed E-state index contributed by atoms with van der Waals surface area (Å²) in [5, 5.41) is 25.7. The molecule has 0 spiro atoms. The molecule has 170 valence electrons. The average molecular weight is 436 g/mol. The van der Waals surface area contributed by atoms with Gasteiger partial charge < -0.3 is 25.2 Å². The van der Waals surface area contributed by atoms with Crippen LogP contribution in [0.15, 0.2) is 60.8 Å². The fourth-order valence-corrected chi connectivity index (χ4v) is 4.49. The molecule has 2 aromatic carbocycles. The monoisotopic (exact) mass is 435 g/mol. The predicted octanol–water partition coefficient (Wildman–Crippen LogP) is 2.93. The van der Waals surface area contributed by atoms with Crippen molar-refractivity contribution < 1.29 is 14.9 Å². The summed E-state index contributed by atoms with van der Waals surface area (Å²) >= 11 is 0. The number of nitrogens with one attached hydrogen (secondary N) is 1. The molecule has 0 aliphatic carbocycles. The van der Waals surface area contributed by atoms with Crippen molar-refractivity contribution in [2.24, 2.45) is 0 Å². The van der Waals surface area contributed by atoms with Crippen LogP contribution < -0.4 is 10.1 Å². The van der Waals surface area contributed by atoms with Crippen LogP contribution in [0.4, 0.5) is 0 Å². The second-order valence-corrected chi connectivity index (χ2v) is 8.63. The van der Waals surface area contributed by atoms with Gasteiger partial charge in [-0.15, -0.1) is 0 Å². The smallest absolute Gasteiger partial charge is 0.119 e. The highest BCUT2D eigenvalue weighted by Gasteiger charge is 2.23. The molecule has 0 radical (unpaired) electrons. The first-order valence-corrected chi connectivity index (χ1v) is 11.4. The summed E-state index contributed by atoms with van der Waals surface area (Å²) in [7, 11) is 1.65. The van der Waals surface area contributed by atoms with Gasteiger partial charge in [-0.25, -0.2) is 0 Å². The third-order valence-corrected chi connectivity index (χ3v) is 6.32. The van der Waals surface area contributed by atoms with Gasteiger partial charge in [0.05, 0.1) is 24.8 Å². The van der Waals surface area contributed by atoms with E-state index in [-0.39, 0.29) is 6.10 Å². The number of hydrogen-bond donors (Lipinski definition) is 3. The summed E-state index contributed by atoms with van der Waals surface area (Å²) in [5.41, 5.74) is 2.91. The zero-order valence-electron chi connectivity index (χ0n) is 18.7. The van der Waals surface area contributed by atoms with E-state index in [4.69, 9.17) is 4.74 Å². The molecule has 2 atom stereocenters. The molecular weight excluding hydrogens is 402 g/mol. The average Bonchev–Trinajstić information content (AvgIpc) is 2.83. The maximum absolute atomic E-state index is 11.0. The third kappa shape index (κ3) is 5.84. The first-order chi connectivity index (χ1) is 15.6. The molecule has 3 N–H and O–H groups in total. The van der Waals surface area contributed by atoms with E-state index in [0.717, 1.165) is 53.7 Å². The number of ether oxygens (including phenoxy) is 1. The SMILES string of the molecule is COc1ccc2nccc([C@@H](O)CN3CCC(NCC(O)Cc4ccccc4)CC3)c2c1. The number of likely N-dealkylation sites (tertiary alicyclic amines) is 1. The Bertz CT molecular complexity index is 990.